The Kier molecular flexibility index (Phi) is 27.4. The number of rotatable bonds is 31. The second kappa shape index (κ2) is 27.8. The zero-order valence-electron chi connectivity index (χ0n) is 24.2. The molecule has 7 atom stereocenters. The second-order valence-corrected chi connectivity index (χ2v) is 9.47. The van der Waals surface area contributed by atoms with Gasteiger partial charge >= 0.3 is 0 Å². The Balaban J connectivity index is 4.46. The van der Waals surface area contributed by atoms with Gasteiger partial charge in [-0.2, -0.15) is 0 Å². The average Bonchev–Trinajstić information content (AvgIpc) is 2.97. The normalized spacial score (nSPS) is 17.2. The zero-order valence-corrected chi connectivity index (χ0v) is 24.2. The van der Waals surface area contributed by atoms with Gasteiger partial charge in [0.05, 0.1) is 106 Å². The number of aliphatic hydroxyl groups is 9. The molecule has 0 aliphatic carbocycles. The van der Waals surface area contributed by atoms with Crippen LogP contribution in [0, 0.1) is 0 Å². The van der Waals surface area contributed by atoms with Crippen LogP contribution in [0.15, 0.2) is 0 Å². The predicted octanol–water partition coefficient (Wildman–Crippen LogP) is -5.37. The fourth-order valence-corrected chi connectivity index (χ4v) is 2.99. The maximum Gasteiger partial charge on any atom is 0.104 e. The number of hydrogen-bond donors (Lipinski definition) is 9. The lowest BCUT2D eigenvalue weighted by Gasteiger charge is -2.24. The van der Waals surface area contributed by atoms with Crippen LogP contribution in [0.25, 0.3) is 0 Å². The molecule has 0 radical (unpaired) electrons. The van der Waals surface area contributed by atoms with E-state index in [1.165, 1.54) is 7.11 Å². The van der Waals surface area contributed by atoms with E-state index in [4.69, 9.17) is 43.0 Å². The highest BCUT2D eigenvalue weighted by molar-refractivity contribution is 4.65. The molecule has 42 heavy (non-hydrogen) atoms. The second-order valence-electron chi connectivity index (χ2n) is 9.47. The molecule has 0 aromatic carbocycles. The van der Waals surface area contributed by atoms with Gasteiger partial charge in [0, 0.05) is 7.11 Å². The van der Waals surface area contributed by atoms with Gasteiger partial charge in [0.2, 0.25) is 0 Å². The van der Waals surface area contributed by atoms with Crippen molar-refractivity contribution in [2.45, 2.75) is 48.8 Å². The van der Waals surface area contributed by atoms with E-state index in [0.717, 1.165) is 0 Å². The summed E-state index contributed by atoms with van der Waals surface area (Å²) in [7, 11) is 1.44. The molecule has 0 saturated heterocycles. The number of hydrogen-bond acceptors (Lipinski definition) is 17. The van der Waals surface area contributed by atoms with E-state index in [9.17, 15) is 40.9 Å². The zero-order chi connectivity index (χ0) is 31.6. The van der Waals surface area contributed by atoms with Crippen molar-refractivity contribution in [3.8, 4) is 0 Å². The van der Waals surface area contributed by atoms with Crippen LogP contribution in [-0.4, -0.2) is 208 Å². The largest absolute Gasteiger partial charge is 0.394 e. The van der Waals surface area contributed by atoms with Crippen molar-refractivity contribution < 1.29 is 83.9 Å². The molecule has 254 valence electrons. The van der Waals surface area contributed by atoms with Crippen molar-refractivity contribution in [1.29, 1.82) is 0 Å². The van der Waals surface area contributed by atoms with Gasteiger partial charge in [-0.15, -0.1) is 0 Å². The summed E-state index contributed by atoms with van der Waals surface area (Å²) >= 11 is 0. The average molecular weight is 625 g/mol. The summed E-state index contributed by atoms with van der Waals surface area (Å²) in [5.41, 5.74) is 0. The van der Waals surface area contributed by atoms with Crippen LogP contribution < -0.4 is 0 Å². The van der Waals surface area contributed by atoms with E-state index in [-0.39, 0.29) is 79.3 Å². The Morgan fingerprint density at radius 3 is 1.17 bits per heavy atom. The van der Waals surface area contributed by atoms with Crippen LogP contribution in [0.2, 0.25) is 0 Å². The van der Waals surface area contributed by atoms with E-state index >= 15 is 0 Å². The van der Waals surface area contributed by atoms with Crippen LogP contribution in [-0.2, 0) is 37.9 Å². The van der Waals surface area contributed by atoms with Gasteiger partial charge in [-0.3, -0.25) is 0 Å². The Bertz CT molecular complexity index is 573. The summed E-state index contributed by atoms with van der Waals surface area (Å²) in [5, 5.41) is 85.4. The van der Waals surface area contributed by atoms with E-state index < -0.39 is 75.3 Å². The minimum absolute atomic E-state index is 0.0136. The summed E-state index contributed by atoms with van der Waals surface area (Å²) in [5.74, 6) is 0. The predicted molar refractivity (Wildman–Crippen MR) is 143 cm³/mol. The number of ether oxygens (including phenoxy) is 8. The lowest BCUT2D eigenvalue weighted by atomic mass is 10.3. The first-order valence-electron chi connectivity index (χ1n) is 13.7. The van der Waals surface area contributed by atoms with E-state index in [2.05, 4.69) is 0 Å². The van der Waals surface area contributed by atoms with E-state index in [0.29, 0.717) is 0 Å². The standard InChI is InChI=1S/C25H52O17/c1-35-6-19(31)8-37-9-20(32)10-38-12-22(34)14-41-25(17-42-23(3-27)4-28)16-39-15-24(5-29)40-13-21(33)11-36-7-18(30)2-26/h18-34H,2-17H2,1H3. The third-order valence-corrected chi connectivity index (χ3v) is 5.22. The van der Waals surface area contributed by atoms with Gasteiger partial charge in [0.15, 0.2) is 0 Å². The van der Waals surface area contributed by atoms with Crippen molar-refractivity contribution in [2.75, 3.05) is 113 Å². The third kappa shape index (κ3) is 23.7. The summed E-state index contributed by atoms with van der Waals surface area (Å²) in [6, 6.07) is 0. The molecule has 0 saturated carbocycles. The molecule has 0 spiro atoms. The molecule has 0 rings (SSSR count). The van der Waals surface area contributed by atoms with Gasteiger partial charge in [-0.1, -0.05) is 0 Å². The molecular formula is C25H52O17. The molecule has 0 aromatic rings. The highest BCUT2D eigenvalue weighted by Crippen LogP contribution is 2.04. The van der Waals surface area contributed by atoms with Crippen molar-refractivity contribution in [3.63, 3.8) is 0 Å². The fourth-order valence-electron chi connectivity index (χ4n) is 2.99. The molecule has 0 aromatic heterocycles. The highest BCUT2D eigenvalue weighted by atomic mass is 16.6. The summed E-state index contributed by atoms with van der Waals surface area (Å²) < 4.78 is 42.2. The maximum absolute atomic E-state index is 10.2. The molecule has 0 heterocycles. The minimum Gasteiger partial charge on any atom is -0.394 e. The van der Waals surface area contributed by atoms with Crippen molar-refractivity contribution in [2.24, 2.45) is 0 Å². The van der Waals surface area contributed by atoms with Crippen LogP contribution in [0.3, 0.4) is 0 Å². The van der Waals surface area contributed by atoms with Gasteiger partial charge < -0.3 is 83.9 Å². The van der Waals surface area contributed by atoms with Crippen molar-refractivity contribution >= 4 is 0 Å². The molecule has 17 heteroatoms. The first-order chi connectivity index (χ1) is 20.2. The highest BCUT2D eigenvalue weighted by Gasteiger charge is 2.19. The lowest BCUT2D eigenvalue weighted by molar-refractivity contribution is -0.130. The topological polar surface area (TPSA) is 256 Å². The van der Waals surface area contributed by atoms with E-state index in [1.54, 1.807) is 0 Å². The first-order valence-corrected chi connectivity index (χ1v) is 13.7. The van der Waals surface area contributed by atoms with Gasteiger partial charge in [0.25, 0.3) is 0 Å². The molecule has 0 fully saturated rings. The Morgan fingerprint density at radius 2 is 0.714 bits per heavy atom. The fraction of sp³-hybridized carbons (Fsp3) is 1.00. The Hall–Kier alpha value is -0.680. The summed E-state index contributed by atoms with van der Waals surface area (Å²) in [6.07, 6.45) is -7.38. The minimum atomic E-state index is -1.08. The molecule has 0 aliphatic heterocycles. The van der Waals surface area contributed by atoms with E-state index in [1.807, 2.05) is 0 Å². The van der Waals surface area contributed by atoms with Crippen LogP contribution in [0.5, 0.6) is 0 Å². The lowest BCUT2D eigenvalue weighted by Crippen LogP contribution is -2.36. The Morgan fingerprint density at radius 1 is 0.357 bits per heavy atom. The Labute approximate surface area is 246 Å². The molecule has 17 nitrogen and oxygen atoms in total. The number of methoxy groups -OCH3 is 1. The molecular weight excluding hydrogens is 572 g/mol. The molecule has 7 unspecified atom stereocenters. The monoisotopic (exact) mass is 624 g/mol. The van der Waals surface area contributed by atoms with Crippen LogP contribution >= 0.6 is 0 Å². The maximum atomic E-state index is 10.2. The van der Waals surface area contributed by atoms with Crippen molar-refractivity contribution in [1.82, 2.24) is 0 Å². The molecule has 0 amide bonds. The number of aliphatic hydroxyl groups excluding tert-OH is 9. The summed E-state index contributed by atoms with van der Waals surface area (Å²) in [6.45, 7) is -3.01. The smallest absolute Gasteiger partial charge is 0.104 e. The SMILES string of the molecule is COCC(O)COCC(O)COCC(O)COC(COCC(CO)OCC(O)COCC(O)CO)COC(CO)CO. The molecule has 0 bridgehead atoms. The quantitative estimate of drug-likeness (QED) is 0.0349. The molecule has 9 N–H and O–H groups in total. The first kappa shape index (κ1) is 41.3. The van der Waals surface area contributed by atoms with Crippen LogP contribution in [0.4, 0.5) is 0 Å². The van der Waals surface area contributed by atoms with Gasteiger partial charge in [0.1, 0.15) is 48.8 Å². The molecule has 0 aliphatic rings. The van der Waals surface area contributed by atoms with Gasteiger partial charge in [-0.05, 0) is 0 Å². The van der Waals surface area contributed by atoms with Gasteiger partial charge in [-0.25, -0.2) is 0 Å². The third-order valence-electron chi connectivity index (χ3n) is 5.22. The van der Waals surface area contributed by atoms with Crippen LogP contribution in [0.1, 0.15) is 0 Å². The summed E-state index contributed by atoms with van der Waals surface area (Å²) in [4.78, 5) is 0. The van der Waals surface area contributed by atoms with Crippen molar-refractivity contribution in [3.05, 3.63) is 0 Å².